The van der Waals surface area contributed by atoms with Crippen molar-refractivity contribution in [1.29, 1.82) is 0 Å². The molecule has 0 radical (unpaired) electrons. The van der Waals surface area contributed by atoms with E-state index in [0.29, 0.717) is 11.1 Å². The molecule has 0 unspecified atom stereocenters. The number of piperazine rings is 1. The molecule has 5 N–H and O–H groups in total. The van der Waals surface area contributed by atoms with Crippen LogP contribution in [0.1, 0.15) is 65.2 Å². The molecule has 5 aliphatic rings. The number of aryl methyl sites for hydroxylation is 1. The van der Waals surface area contributed by atoms with Gasteiger partial charge in [0.05, 0.1) is 35.5 Å². The van der Waals surface area contributed by atoms with E-state index in [-0.39, 0.29) is 56.1 Å². The zero-order chi connectivity index (χ0) is 48.1. The number of carbonyl (C=O) groups excluding carboxylic acids is 2. The summed E-state index contributed by atoms with van der Waals surface area (Å²) in [4.78, 5) is 51.1. The number of nitrogens with zero attached hydrogens (tertiary/aromatic N) is 4. The highest BCUT2D eigenvalue weighted by atomic mass is 16.7. The van der Waals surface area contributed by atoms with E-state index in [1.165, 1.54) is 40.2 Å². The maximum atomic E-state index is 15.0. The highest BCUT2D eigenvalue weighted by Gasteiger charge is 2.49. The molecule has 1 aliphatic carbocycles. The quantitative estimate of drug-likeness (QED) is 0.0522. The number of hydrogen-bond acceptors (Lipinski definition) is 16. The Bertz CT molecular complexity index is 2700. The second-order valence-electron chi connectivity index (χ2n) is 18.2. The number of likely N-dealkylation sites (N-methyl/N-ethyl adjacent to an activating group) is 1. The number of anilines is 2. The smallest absolute Gasteiger partial charge is 0.302 e. The van der Waals surface area contributed by atoms with Crippen LogP contribution >= 0.6 is 0 Å². The van der Waals surface area contributed by atoms with E-state index in [2.05, 4.69) is 27.3 Å². The summed E-state index contributed by atoms with van der Waals surface area (Å²) >= 11 is 0. The standard InChI is InChI=1S/C49H61N5O12/c1-23-13-12-14-24(2)48(60)51-39-43(59)35-34(38-46(39)65-33-22-31(21-25(3)37(33)50-38)54-18-16-53(10)17-19-54)36-45(29(7)42(35)58)66-49(9,47(36)52-61)63-20-15-32(62-11)26(4)44(64-30(8)55)28(6)41(57)27(5)40(23)56/h12-15,20-23,26-28,32,40-41,44,56-58,61H,16-19H2,1-11H3,(H,51,60)/b13-12+,20-15+,24-14-,52-47-/t23-,26+,27+,28+,32-,40-,41+,44+,49-/m0/s1. The fourth-order valence-electron chi connectivity index (χ4n) is 9.46. The Hall–Kier alpha value is -6.01. The first-order valence-corrected chi connectivity index (χ1v) is 22.3. The van der Waals surface area contributed by atoms with Gasteiger partial charge in [-0.05, 0) is 45.5 Å². The summed E-state index contributed by atoms with van der Waals surface area (Å²) < 4.78 is 31.0. The number of phenols is 1. The number of rotatable bonds is 3. The van der Waals surface area contributed by atoms with Crippen LogP contribution < -0.4 is 20.4 Å². The normalized spacial score (nSPS) is 30.6. The van der Waals surface area contributed by atoms with Crippen LogP contribution in [0.15, 0.2) is 62.6 Å². The Labute approximate surface area is 383 Å². The van der Waals surface area contributed by atoms with E-state index in [0.717, 1.165) is 37.4 Å². The summed E-state index contributed by atoms with van der Waals surface area (Å²) in [5.41, 5.74) is 1.66. The first-order valence-electron chi connectivity index (χ1n) is 22.3. The number of amides is 1. The van der Waals surface area contributed by atoms with Gasteiger partial charge in [-0.3, -0.25) is 14.4 Å². The third kappa shape index (κ3) is 8.60. The van der Waals surface area contributed by atoms with Crippen LogP contribution in [-0.2, 0) is 23.8 Å². The van der Waals surface area contributed by atoms with Crippen LogP contribution in [0.5, 0.6) is 11.5 Å². The first kappa shape index (κ1) is 47.9. The van der Waals surface area contributed by atoms with Gasteiger partial charge in [0.1, 0.15) is 34.5 Å². The lowest BCUT2D eigenvalue weighted by Crippen LogP contribution is -2.46. The highest BCUT2D eigenvalue weighted by Crippen LogP contribution is 2.51. The molecule has 1 fully saturated rings. The van der Waals surface area contributed by atoms with Crippen molar-refractivity contribution in [1.82, 2.24) is 9.88 Å². The number of phenolic OH excluding ortho intramolecular Hbond substituents is 1. The Morgan fingerprint density at radius 3 is 2.33 bits per heavy atom. The maximum absolute atomic E-state index is 15.0. The lowest BCUT2D eigenvalue weighted by Gasteiger charge is -2.38. The highest BCUT2D eigenvalue weighted by molar-refractivity contribution is 6.24. The second-order valence-corrected chi connectivity index (χ2v) is 18.2. The van der Waals surface area contributed by atoms with Crippen molar-refractivity contribution in [2.75, 3.05) is 50.6 Å². The predicted molar refractivity (Wildman–Crippen MR) is 249 cm³/mol. The molecule has 66 heavy (non-hydrogen) atoms. The lowest BCUT2D eigenvalue weighted by atomic mass is 9.78. The Morgan fingerprint density at radius 1 is 0.985 bits per heavy atom. The number of carbonyl (C=O) groups is 2. The molecule has 2 aromatic rings. The van der Waals surface area contributed by atoms with E-state index in [9.17, 15) is 34.9 Å². The number of fused-ring (bicyclic) bond motifs is 2. The van der Waals surface area contributed by atoms with Crippen molar-refractivity contribution in [2.45, 2.75) is 92.5 Å². The van der Waals surface area contributed by atoms with Gasteiger partial charge in [0.15, 0.2) is 17.1 Å². The number of allylic oxidation sites excluding steroid dienone is 2. The van der Waals surface area contributed by atoms with Gasteiger partial charge in [0, 0.05) is 99.1 Å². The van der Waals surface area contributed by atoms with Gasteiger partial charge in [0.25, 0.3) is 11.7 Å². The van der Waals surface area contributed by atoms with Gasteiger partial charge in [-0.2, -0.15) is 0 Å². The zero-order valence-electron chi connectivity index (χ0n) is 39.3. The number of methoxy groups -OCH3 is 1. The van der Waals surface area contributed by atoms with E-state index < -0.39 is 76.9 Å². The number of ether oxygens (including phenoxy) is 4. The number of aromatic hydroxyl groups is 1. The van der Waals surface area contributed by atoms with Crippen molar-refractivity contribution in [3.8, 4) is 23.0 Å². The average molecular weight is 912 g/mol. The molecule has 0 saturated carbocycles. The molecule has 1 saturated heterocycles. The molecule has 4 aliphatic heterocycles. The minimum absolute atomic E-state index is 0.0370. The van der Waals surface area contributed by atoms with Crippen LogP contribution in [0.25, 0.3) is 33.3 Å². The monoisotopic (exact) mass is 911 g/mol. The van der Waals surface area contributed by atoms with E-state index in [1.807, 2.05) is 19.1 Å². The van der Waals surface area contributed by atoms with E-state index in [1.54, 1.807) is 52.8 Å². The number of esters is 1. The van der Waals surface area contributed by atoms with Gasteiger partial charge in [-0.25, -0.2) is 4.98 Å². The van der Waals surface area contributed by atoms with Crippen molar-refractivity contribution in [3.05, 3.63) is 75.2 Å². The van der Waals surface area contributed by atoms with Crippen LogP contribution in [0.4, 0.5) is 11.4 Å². The molecule has 354 valence electrons. The minimum Gasteiger partial charge on any atom is -0.507 e. The number of benzene rings is 3. The molecule has 17 nitrogen and oxygen atoms in total. The molecule has 2 aromatic carbocycles. The van der Waals surface area contributed by atoms with Gasteiger partial charge < -0.3 is 59.0 Å². The molecular weight excluding hydrogens is 851 g/mol. The number of oxime groups is 1. The van der Waals surface area contributed by atoms with Gasteiger partial charge in [-0.15, -0.1) is 0 Å². The van der Waals surface area contributed by atoms with Crippen LogP contribution in [0.2, 0.25) is 0 Å². The van der Waals surface area contributed by atoms with E-state index in [4.69, 9.17) is 28.3 Å². The van der Waals surface area contributed by atoms with Crippen molar-refractivity contribution < 1.29 is 53.5 Å². The SMILES string of the molecule is CO[C@H]1/C=C/O[C@@]2(C)Oc3c(C)c(O)c4c(=O)c(c5oc6cc(N7CCN(C)CC7)cc(C)c6nc-5c4c3/C2=N/O)NC(=O)/C(C)=C\C=C\[C@H](C)[C@H](O)[C@@H](C)[C@@H](O)[C@@H](C)[C@H](OC(C)=O)[C@@H]1C. The van der Waals surface area contributed by atoms with Crippen molar-refractivity contribution >= 4 is 50.8 Å². The lowest BCUT2D eigenvalue weighted by molar-refractivity contribution is -0.160. The fourth-order valence-corrected chi connectivity index (χ4v) is 9.46. The maximum Gasteiger partial charge on any atom is 0.302 e. The number of hydrogen-bond donors (Lipinski definition) is 5. The van der Waals surface area contributed by atoms with E-state index >= 15 is 0 Å². The summed E-state index contributed by atoms with van der Waals surface area (Å²) in [6, 6.07) is 3.87. The molecular formula is C49H61N5O12. The summed E-state index contributed by atoms with van der Waals surface area (Å²) in [6.45, 7) is 18.0. The largest absolute Gasteiger partial charge is 0.507 e. The summed E-state index contributed by atoms with van der Waals surface area (Å²) in [6.07, 6.45) is 3.80. The topological polar surface area (TPSA) is 226 Å². The summed E-state index contributed by atoms with van der Waals surface area (Å²) in [7, 11) is 3.53. The third-order valence-corrected chi connectivity index (χ3v) is 13.6. The second kappa shape index (κ2) is 18.7. The molecule has 4 heterocycles. The third-order valence-electron chi connectivity index (χ3n) is 13.6. The van der Waals surface area contributed by atoms with Gasteiger partial charge >= 0.3 is 5.97 Å². The molecule has 0 aromatic heterocycles. The fraction of sp³-hybridized carbons (Fsp3) is 0.490. The average Bonchev–Trinajstić information content (AvgIpc) is 3.59. The van der Waals surface area contributed by atoms with Gasteiger partial charge in [0.2, 0.25) is 5.43 Å². The van der Waals surface area contributed by atoms with Crippen molar-refractivity contribution in [3.63, 3.8) is 0 Å². The zero-order valence-corrected chi connectivity index (χ0v) is 39.3. The number of aliphatic hydroxyl groups excluding tert-OH is 2. The van der Waals surface area contributed by atoms with Crippen LogP contribution in [0, 0.1) is 37.5 Å². The Kier molecular flexibility index (Phi) is 13.6. The first-order chi connectivity index (χ1) is 31.2. The van der Waals surface area contributed by atoms with Gasteiger partial charge in [-0.1, -0.05) is 51.1 Å². The Balaban J connectivity index is 1.47. The number of aromatic nitrogens is 1. The molecule has 1 amide bonds. The number of aliphatic hydroxyl groups is 2. The predicted octanol–water partition coefficient (Wildman–Crippen LogP) is 6.00. The molecule has 4 bridgehead atoms. The molecule has 9 atom stereocenters. The number of nitrogens with one attached hydrogen (secondary N) is 1. The Morgan fingerprint density at radius 2 is 1.68 bits per heavy atom. The molecule has 7 rings (SSSR count). The molecule has 0 spiro atoms. The summed E-state index contributed by atoms with van der Waals surface area (Å²) in [5, 5.41) is 52.1. The summed E-state index contributed by atoms with van der Waals surface area (Å²) in [5.74, 6) is -6.12. The van der Waals surface area contributed by atoms with Crippen LogP contribution in [-0.4, -0.2) is 119 Å². The van der Waals surface area contributed by atoms with Crippen LogP contribution in [0.3, 0.4) is 0 Å². The van der Waals surface area contributed by atoms with Crippen molar-refractivity contribution in [2.24, 2.45) is 28.8 Å². The minimum atomic E-state index is -1.88. The molecule has 17 heteroatoms.